The lowest BCUT2D eigenvalue weighted by atomic mass is 10.0. The van der Waals surface area contributed by atoms with Crippen LogP contribution in [0.2, 0.25) is 0 Å². The fraction of sp³-hybridized carbons (Fsp3) is 0.467. The minimum Gasteiger partial charge on any atom is -0.481 e. The summed E-state index contributed by atoms with van der Waals surface area (Å²) in [6.45, 7) is 1.96. The van der Waals surface area contributed by atoms with Gasteiger partial charge in [-0.05, 0) is 37.1 Å². The first-order valence-electron chi connectivity index (χ1n) is 7.48. The molecule has 1 amide bonds. The molecule has 1 aromatic rings. The molecule has 0 aromatic heterocycles. The van der Waals surface area contributed by atoms with Crippen LogP contribution in [0.3, 0.4) is 0 Å². The number of carboxylic acid groups (broad SMARTS) is 1. The molecular formula is C15H20N2O5S. The van der Waals surface area contributed by atoms with Gasteiger partial charge in [-0.25, -0.2) is 13.1 Å². The first kappa shape index (κ1) is 17.4. The quantitative estimate of drug-likeness (QED) is 0.714. The van der Waals surface area contributed by atoms with E-state index in [9.17, 15) is 18.0 Å². The lowest BCUT2D eigenvalue weighted by Crippen LogP contribution is -2.40. The molecule has 1 aromatic carbocycles. The number of benzene rings is 1. The van der Waals surface area contributed by atoms with Gasteiger partial charge in [0.15, 0.2) is 0 Å². The molecule has 7 nitrogen and oxygen atoms in total. The van der Waals surface area contributed by atoms with Crippen molar-refractivity contribution in [3.8, 4) is 0 Å². The Hall–Kier alpha value is -1.93. The number of hydrogen-bond donors (Lipinski definition) is 3. The number of nitrogens with one attached hydrogen (secondary N) is 2. The average Bonchev–Trinajstić information content (AvgIpc) is 2.95. The van der Waals surface area contributed by atoms with Crippen molar-refractivity contribution in [3.05, 3.63) is 29.8 Å². The molecule has 2 atom stereocenters. The Labute approximate surface area is 135 Å². The van der Waals surface area contributed by atoms with Gasteiger partial charge in [-0.1, -0.05) is 13.3 Å². The molecule has 1 aliphatic carbocycles. The molecule has 1 saturated carbocycles. The summed E-state index contributed by atoms with van der Waals surface area (Å²) in [4.78, 5) is 23.4. The number of sulfonamides is 1. The van der Waals surface area contributed by atoms with Crippen LogP contribution < -0.4 is 10.0 Å². The molecule has 1 aliphatic rings. The van der Waals surface area contributed by atoms with Gasteiger partial charge < -0.3 is 10.4 Å². The average molecular weight is 340 g/mol. The molecule has 0 heterocycles. The molecule has 0 spiro atoms. The zero-order valence-corrected chi connectivity index (χ0v) is 13.6. The van der Waals surface area contributed by atoms with Crippen molar-refractivity contribution >= 4 is 21.9 Å². The summed E-state index contributed by atoms with van der Waals surface area (Å²) >= 11 is 0. The Bertz CT molecular complexity index is 684. The van der Waals surface area contributed by atoms with E-state index in [-0.39, 0.29) is 17.5 Å². The zero-order valence-electron chi connectivity index (χ0n) is 12.8. The van der Waals surface area contributed by atoms with Gasteiger partial charge in [-0.15, -0.1) is 0 Å². The molecule has 23 heavy (non-hydrogen) atoms. The van der Waals surface area contributed by atoms with E-state index in [4.69, 9.17) is 5.11 Å². The highest BCUT2D eigenvalue weighted by atomic mass is 32.2. The number of carbonyl (C=O) groups excluding carboxylic acids is 1. The molecule has 1 fully saturated rings. The van der Waals surface area contributed by atoms with Crippen LogP contribution >= 0.6 is 0 Å². The highest BCUT2D eigenvalue weighted by molar-refractivity contribution is 7.89. The Kier molecular flexibility index (Phi) is 5.38. The normalized spacial score (nSPS) is 21.1. The molecule has 3 N–H and O–H groups in total. The fourth-order valence-electron chi connectivity index (χ4n) is 2.74. The first-order chi connectivity index (χ1) is 10.8. The number of carboxylic acids is 1. The van der Waals surface area contributed by atoms with Gasteiger partial charge in [0.25, 0.3) is 5.91 Å². The smallest absolute Gasteiger partial charge is 0.308 e. The second-order valence-corrected chi connectivity index (χ2v) is 7.25. The van der Waals surface area contributed by atoms with Crippen molar-refractivity contribution in [2.45, 2.75) is 37.1 Å². The van der Waals surface area contributed by atoms with Crippen LogP contribution in [-0.4, -0.2) is 38.0 Å². The highest BCUT2D eigenvalue weighted by Gasteiger charge is 2.34. The fourth-order valence-corrected chi connectivity index (χ4v) is 3.78. The topological polar surface area (TPSA) is 113 Å². The van der Waals surface area contributed by atoms with E-state index in [0.717, 1.165) is 6.42 Å². The van der Waals surface area contributed by atoms with E-state index < -0.39 is 27.8 Å². The molecular weight excluding hydrogens is 320 g/mol. The van der Waals surface area contributed by atoms with Crippen LogP contribution in [0, 0.1) is 5.92 Å². The second kappa shape index (κ2) is 7.10. The van der Waals surface area contributed by atoms with Crippen LogP contribution in [0.15, 0.2) is 29.2 Å². The largest absolute Gasteiger partial charge is 0.481 e. The summed E-state index contributed by atoms with van der Waals surface area (Å²) in [6, 6.07) is 5.17. The Morgan fingerprint density at radius 2 is 1.87 bits per heavy atom. The molecule has 0 saturated heterocycles. The van der Waals surface area contributed by atoms with Gasteiger partial charge in [0, 0.05) is 18.2 Å². The van der Waals surface area contributed by atoms with Crippen LogP contribution in [0.25, 0.3) is 0 Å². The van der Waals surface area contributed by atoms with Crippen LogP contribution in [0.4, 0.5) is 0 Å². The van der Waals surface area contributed by atoms with E-state index in [1.165, 1.54) is 24.3 Å². The molecule has 0 bridgehead atoms. The van der Waals surface area contributed by atoms with Gasteiger partial charge in [0.2, 0.25) is 10.0 Å². The van der Waals surface area contributed by atoms with Gasteiger partial charge in [0.05, 0.1) is 10.8 Å². The maximum Gasteiger partial charge on any atom is 0.308 e. The third kappa shape index (κ3) is 4.08. The van der Waals surface area contributed by atoms with Crippen molar-refractivity contribution in [2.24, 2.45) is 5.92 Å². The van der Waals surface area contributed by atoms with Crippen molar-refractivity contribution < 1.29 is 23.1 Å². The summed E-state index contributed by atoms with van der Waals surface area (Å²) in [5, 5.41) is 11.8. The van der Waals surface area contributed by atoms with E-state index in [1.807, 2.05) is 0 Å². The summed E-state index contributed by atoms with van der Waals surface area (Å²) in [5.74, 6) is -1.86. The standard InChI is InChI=1S/C15H20N2O5S/c1-2-16-23(21,22)11-8-6-10(7-9-11)14(18)17-13-5-3-4-12(13)15(19)20/h6-9,12-13,16H,2-5H2,1H3,(H,17,18)(H,19,20)/t12-,13+/m0/s1. The molecule has 126 valence electrons. The summed E-state index contributed by atoms with van der Waals surface area (Å²) in [6.07, 6.45) is 1.96. The lowest BCUT2D eigenvalue weighted by molar-refractivity contribution is -0.142. The summed E-state index contributed by atoms with van der Waals surface area (Å²) in [5.41, 5.74) is 0.302. The van der Waals surface area contributed by atoms with E-state index in [2.05, 4.69) is 10.0 Å². The van der Waals surface area contributed by atoms with Crippen molar-refractivity contribution in [2.75, 3.05) is 6.54 Å². The maximum absolute atomic E-state index is 12.2. The molecule has 8 heteroatoms. The minimum absolute atomic E-state index is 0.0835. The Balaban J connectivity index is 2.07. The van der Waals surface area contributed by atoms with E-state index in [1.54, 1.807) is 6.92 Å². The van der Waals surface area contributed by atoms with Crippen molar-refractivity contribution in [3.63, 3.8) is 0 Å². The van der Waals surface area contributed by atoms with Crippen LogP contribution in [0.1, 0.15) is 36.5 Å². The van der Waals surface area contributed by atoms with E-state index >= 15 is 0 Å². The maximum atomic E-state index is 12.2. The van der Waals surface area contributed by atoms with E-state index in [0.29, 0.717) is 18.4 Å². The number of amides is 1. The van der Waals surface area contributed by atoms with Crippen LogP contribution in [0.5, 0.6) is 0 Å². The Morgan fingerprint density at radius 1 is 1.22 bits per heavy atom. The highest BCUT2D eigenvalue weighted by Crippen LogP contribution is 2.26. The van der Waals surface area contributed by atoms with Gasteiger partial charge >= 0.3 is 5.97 Å². The van der Waals surface area contributed by atoms with Gasteiger partial charge in [-0.3, -0.25) is 9.59 Å². The summed E-state index contributed by atoms with van der Waals surface area (Å²) < 4.78 is 26.0. The minimum atomic E-state index is -3.55. The Morgan fingerprint density at radius 3 is 2.43 bits per heavy atom. The third-order valence-corrected chi connectivity index (χ3v) is 5.47. The molecule has 0 unspecified atom stereocenters. The lowest BCUT2D eigenvalue weighted by Gasteiger charge is -2.17. The zero-order chi connectivity index (χ0) is 17.0. The van der Waals surface area contributed by atoms with Crippen LogP contribution in [-0.2, 0) is 14.8 Å². The van der Waals surface area contributed by atoms with Crippen molar-refractivity contribution in [1.29, 1.82) is 0 Å². The molecule has 2 rings (SSSR count). The first-order valence-corrected chi connectivity index (χ1v) is 8.97. The molecule has 0 aliphatic heterocycles. The van der Waals surface area contributed by atoms with Crippen molar-refractivity contribution in [1.82, 2.24) is 10.0 Å². The molecule has 0 radical (unpaired) electrons. The number of hydrogen-bond acceptors (Lipinski definition) is 4. The third-order valence-electron chi connectivity index (χ3n) is 3.91. The monoisotopic (exact) mass is 340 g/mol. The second-order valence-electron chi connectivity index (χ2n) is 5.48. The number of carbonyl (C=O) groups is 2. The number of aliphatic carboxylic acids is 1. The SMILES string of the molecule is CCNS(=O)(=O)c1ccc(C(=O)N[C@@H]2CCC[C@@H]2C(=O)O)cc1. The number of rotatable bonds is 6. The predicted octanol–water partition coefficient (Wildman–Crippen LogP) is 0.968. The summed E-state index contributed by atoms with van der Waals surface area (Å²) in [7, 11) is -3.55. The predicted molar refractivity (Wildman–Crippen MR) is 83.5 cm³/mol. The van der Waals surface area contributed by atoms with Gasteiger partial charge in [-0.2, -0.15) is 0 Å². The van der Waals surface area contributed by atoms with Gasteiger partial charge in [0.1, 0.15) is 0 Å².